The Hall–Kier alpha value is -1.23. The minimum absolute atomic E-state index is 0.124. The van der Waals surface area contributed by atoms with Crippen LogP contribution in [0.3, 0.4) is 0 Å². The maximum Gasteiger partial charge on any atom is 0.407 e. The van der Waals surface area contributed by atoms with Gasteiger partial charge in [-0.15, -0.1) is 0 Å². The van der Waals surface area contributed by atoms with Crippen molar-refractivity contribution in [3.05, 3.63) is 28.2 Å². The minimum Gasteiger partial charge on any atom is -0.491 e. The van der Waals surface area contributed by atoms with E-state index in [2.05, 4.69) is 26.0 Å². The normalized spacial score (nSPS) is 17.9. The number of halogens is 1. The molecule has 1 aromatic carbocycles. The third-order valence-electron chi connectivity index (χ3n) is 2.23. The molecule has 1 aliphatic rings. The van der Waals surface area contributed by atoms with Gasteiger partial charge in [0.15, 0.2) is 0 Å². The summed E-state index contributed by atoms with van der Waals surface area (Å²) in [6.07, 6.45) is -0.445. The molecule has 5 heteroatoms. The summed E-state index contributed by atoms with van der Waals surface area (Å²) in [7, 11) is 1.34. The number of carbonyl (C=O) groups excluding carboxylic acids is 1. The molecule has 0 unspecified atom stereocenters. The molecule has 0 fully saturated rings. The summed E-state index contributed by atoms with van der Waals surface area (Å²) in [5.41, 5.74) is 0.976. The number of ether oxygens (including phenoxy) is 2. The lowest BCUT2D eigenvalue weighted by atomic mass is 10.1. The SMILES string of the molecule is COC(=O)N[C@@H]1COc2cc(Br)ccc21. The van der Waals surface area contributed by atoms with Crippen molar-refractivity contribution in [1.29, 1.82) is 0 Å². The van der Waals surface area contributed by atoms with Crippen LogP contribution in [0.2, 0.25) is 0 Å². The molecule has 0 saturated heterocycles. The van der Waals surface area contributed by atoms with Crippen LogP contribution >= 0.6 is 15.9 Å². The molecule has 4 nitrogen and oxygen atoms in total. The van der Waals surface area contributed by atoms with Crippen molar-refractivity contribution in [2.45, 2.75) is 6.04 Å². The largest absolute Gasteiger partial charge is 0.491 e. The minimum atomic E-state index is -0.445. The zero-order valence-corrected chi connectivity index (χ0v) is 9.71. The molecule has 2 rings (SSSR count). The molecule has 1 aromatic rings. The number of methoxy groups -OCH3 is 1. The fraction of sp³-hybridized carbons (Fsp3) is 0.300. The fourth-order valence-electron chi connectivity index (χ4n) is 1.50. The number of rotatable bonds is 1. The van der Waals surface area contributed by atoms with E-state index in [9.17, 15) is 4.79 Å². The lowest BCUT2D eigenvalue weighted by Gasteiger charge is -2.09. The molecule has 1 aliphatic heterocycles. The first-order valence-electron chi connectivity index (χ1n) is 4.47. The molecule has 0 aromatic heterocycles. The van der Waals surface area contributed by atoms with Crippen LogP contribution in [0, 0.1) is 0 Å². The highest BCUT2D eigenvalue weighted by Gasteiger charge is 2.25. The quantitative estimate of drug-likeness (QED) is 0.852. The van der Waals surface area contributed by atoms with E-state index in [4.69, 9.17) is 4.74 Å². The maximum absolute atomic E-state index is 11.0. The Kier molecular flexibility index (Phi) is 2.81. The number of alkyl carbamates (subject to hydrolysis) is 1. The maximum atomic E-state index is 11.0. The summed E-state index contributed by atoms with van der Waals surface area (Å²) in [6.45, 7) is 0.445. The van der Waals surface area contributed by atoms with E-state index in [-0.39, 0.29) is 6.04 Å². The van der Waals surface area contributed by atoms with Gasteiger partial charge in [0.2, 0.25) is 0 Å². The van der Waals surface area contributed by atoms with Crippen molar-refractivity contribution in [3.63, 3.8) is 0 Å². The molecule has 0 spiro atoms. The summed E-state index contributed by atoms with van der Waals surface area (Å²) in [5, 5.41) is 2.70. The number of nitrogens with one attached hydrogen (secondary N) is 1. The molecule has 80 valence electrons. The van der Waals surface area contributed by atoms with Crippen molar-refractivity contribution >= 4 is 22.0 Å². The van der Waals surface area contributed by atoms with Crippen molar-refractivity contribution in [2.75, 3.05) is 13.7 Å². The Labute approximate surface area is 95.7 Å². The third-order valence-corrected chi connectivity index (χ3v) is 2.73. The van der Waals surface area contributed by atoms with Gasteiger partial charge in [0, 0.05) is 10.0 Å². The van der Waals surface area contributed by atoms with E-state index in [0.717, 1.165) is 15.8 Å². The predicted octanol–water partition coefficient (Wildman–Crippen LogP) is 2.24. The first kappa shape index (κ1) is 10.3. The van der Waals surface area contributed by atoms with Gasteiger partial charge in [-0.25, -0.2) is 4.79 Å². The first-order chi connectivity index (χ1) is 7.20. The zero-order valence-electron chi connectivity index (χ0n) is 8.12. The van der Waals surface area contributed by atoms with Gasteiger partial charge < -0.3 is 14.8 Å². The molecular formula is C10H10BrNO3. The number of amides is 1. The number of hydrogen-bond donors (Lipinski definition) is 1. The molecule has 0 aliphatic carbocycles. The van der Waals surface area contributed by atoms with E-state index in [1.54, 1.807) is 0 Å². The molecule has 1 amide bonds. The number of fused-ring (bicyclic) bond motifs is 1. The third kappa shape index (κ3) is 2.07. The van der Waals surface area contributed by atoms with Gasteiger partial charge in [-0.2, -0.15) is 0 Å². The van der Waals surface area contributed by atoms with Crippen LogP contribution in [0.4, 0.5) is 4.79 Å². The highest BCUT2D eigenvalue weighted by Crippen LogP contribution is 2.34. The Morgan fingerprint density at radius 2 is 2.47 bits per heavy atom. The fourth-order valence-corrected chi connectivity index (χ4v) is 1.84. The van der Waals surface area contributed by atoms with E-state index >= 15 is 0 Å². The molecule has 15 heavy (non-hydrogen) atoms. The van der Waals surface area contributed by atoms with Crippen LogP contribution in [0.5, 0.6) is 5.75 Å². The second-order valence-electron chi connectivity index (χ2n) is 3.18. The lowest BCUT2D eigenvalue weighted by Crippen LogP contribution is -2.29. The summed E-state index contributed by atoms with van der Waals surface area (Å²) in [6, 6.07) is 5.60. The number of benzene rings is 1. The summed E-state index contributed by atoms with van der Waals surface area (Å²) >= 11 is 3.36. The number of carbonyl (C=O) groups is 1. The number of hydrogen-bond acceptors (Lipinski definition) is 3. The smallest absolute Gasteiger partial charge is 0.407 e. The van der Waals surface area contributed by atoms with Gasteiger partial charge in [-0.3, -0.25) is 0 Å². The van der Waals surface area contributed by atoms with Gasteiger partial charge in [0.1, 0.15) is 12.4 Å². The van der Waals surface area contributed by atoms with E-state index in [1.165, 1.54) is 7.11 Å². The van der Waals surface area contributed by atoms with Crippen molar-refractivity contribution in [3.8, 4) is 5.75 Å². The summed E-state index contributed by atoms with van der Waals surface area (Å²) < 4.78 is 10.9. The van der Waals surface area contributed by atoms with Crippen molar-refractivity contribution in [1.82, 2.24) is 5.32 Å². The van der Waals surface area contributed by atoms with Gasteiger partial charge in [0.25, 0.3) is 0 Å². The average molecular weight is 272 g/mol. The van der Waals surface area contributed by atoms with Crippen LogP contribution in [0.1, 0.15) is 11.6 Å². The average Bonchev–Trinajstić information content (AvgIpc) is 2.60. The van der Waals surface area contributed by atoms with Gasteiger partial charge in [-0.1, -0.05) is 22.0 Å². The Bertz CT molecular complexity index is 394. The predicted molar refractivity (Wildman–Crippen MR) is 57.9 cm³/mol. The van der Waals surface area contributed by atoms with Gasteiger partial charge in [-0.05, 0) is 12.1 Å². The van der Waals surface area contributed by atoms with Gasteiger partial charge >= 0.3 is 6.09 Å². The Balaban J connectivity index is 2.18. The topological polar surface area (TPSA) is 47.6 Å². The molecule has 1 N–H and O–H groups in total. The van der Waals surface area contributed by atoms with Crippen LogP contribution in [0.15, 0.2) is 22.7 Å². The highest BCUT2D eigenvalue weighted by molar-refractivity contribution is 9.10. The van der Waals surface area contributed by atoms with Crippen LogP contribution < -0.4 is 10.1 Å². The van der Waals surface area contributed by atoms with Gasteiger partial charge in [0.05, 0.1) is 13.2 Å². The van der Waals surface area contributed by atoms with Crippen LogP contribution in [-0.4, -0.2) is 19.8 Å². The summed E-state index contributed by atoms with van der Waals surface area (Å²) in [4.78, 5) is 11.0. The highest BCUT2D eigenvalue weighted by atomic mass is 79.9. The molecule has 1 atom stereocenters. The second kappa shape index (κ2) is 4.10. The van der Waals surface area contributed by atoms with Crippen molar-refractivity contribution in [2.24, 2.45) is 0 Å². The Morgan fingerprint density at radius 1 is 1.67 bits per heavy atom. The molecule has 0 bridgehead atoms. The van der Waals surface area contributed by atoms with Crippen LogP contribution in [-0.2, 0) is 4.74 Å². The van der Waals surface area contributed by atoms with E-state index < -0.39 is 6.09 Å². The van der Waals surface area contributed by atoms with Crippen LogP contribution in [0.25, 0.3) is 0 Å². The van der Waals surface area contributed by atoms with E-state index in [1.807, 2.05) is 18.2 Å². The first-order valence-corrected chi connectivity index (χ1v) is 5.26. The standard InChI is InChI=1S/C10H10BrNO3/c1-14-10(13)12-8-5-15-9-4-6(11)2-3-7(8)9/h2-4,8H,5H2,1H3,(H,12,13)/t8-/m1/s1. The van der Waals surface area contributed by atoms with Crippen molar-refractivity contribution < 1.29 is 14.3 Å². The molecular weight excluding hydrogens is 262 g/mol. The molecule has 0 radical (unpaired) electrons. The molecule has 0 saturated carbocycles. The summed E-state index contributed by atoms with van der Waals surface area (Å²) in [5.74, 6) is 0.797. The Morgan fingerprint density at radius 3 is 3.20 bits per heavy atom. The monoisotopic (exact) mass is 271 g/mol. The second-order valence-corrected chi connectivity index (χ2v) is 4.10. The lowest BCUT2D eigenvalue weighted by molar-refractivity contribution is 0.164. The van der Waals surface area contributed by atoms with E-state index in [0.29, 0.717) is 6.61 Å². The zero-order chi connectivity index (χ0) is 10.8. The molecule has 1 heterocycles.